The van der Waals surface area contributed by atoms with Crippen LogP contribution in [0.4, 0.5) is 5.69 Å². The number of hydrogen-bond donors (Lipinski definition) is 1. The molecule has 0 bridgehead atoms. The van der Waals surface area contributed by atoms with Gasteiger partial charge in [-0.2, -0.15) is 0 Å². The number of benzene rings is 1. The van der Waals surface area contributed by atoms with Gasteiger partial charge in [0.25, 0.3) is 5.69 Å². The van der Waals surface area contributed by atoms with Crippen LogP contribution < -0.4 is 4.90 Å². The van der Waals surface area contributed by atoms with Crippen LogP contribution in [-0.2, 0) is 0 Å². The van der Waals surface area contributed by atoms with Gasteiger partial charge in [0.2, 0.25) is 0 Å². The van der Waals surface area contributed by atoms with E-state index in [-0.39, 0.29) is 10.6 Å². The molecule has 4 heteroatoms. The first-order valence-corrected chi connectivity index (χ1v) is 7.47. The second-order valence-electron chi connectivity index (χ2n) is 5.43. The number of likely N-dealkylation sites (tertiary alicyclic amines) is 1. The Morgan fingerprint density at radius 3 is 2.95 bits per heavy atom. The lowest BCUT2D eigenvalue weighted by atomic mass is 10.00. The van der Waals surface area contributed by atoms with Crippen LogP contribution in [0.25, 0.3) is 6.08 Å². The summed E-state index contributed by atoms with van der Waals surface area (Å²) in [6, 6.07) is 7.66. The maximum Gasteiger partial charge on any atom is 0.276 e. The molecule has 0 aliphatic carbocycles. The number of nitro groups is 1. The zero-order chi connectivity index (χ0) is 14.4. The van der Waals surface area contributed by atoms with Crippen LogP contribution in [0.3, 0.4) is 0 Å². The lowest BCUT2D eigenvalue weighted by molar-refractivity contribution is -0.925. The van der Waals surface area contributed by atoms with E-state index in [1.54, 1.807) is 23.1 Å². The smallest absolute Gasteiger partial charge is 0.276 e. The van der Waals surface area contributed by atoms with Crippen molar-refractivity contribution in [3.63, 3.8) is 0 Å². The third-order valence-corrected chi connectivity index (χ3v) is 4.18. The molecule has 2 rings (SSSR count). The van der Waals surface area contributed by atoms with Crippen LogP contribution in [-0.4, -0.2) is 24.1 Å². The van der Waals surface area contributed by atoms with E-state index in [9.17, 15) is 10.1 Å². The Kier molecular flexibility index (Phi) is 5.30. The molecular weight excluding hydrogens is 252 g/mol. The highest BCUT2D eigenvalue weighted by atomic mass is 16.6. The average molecular weight is 275 g/mol. The predicted octanol–water partition coefficient (Wildman–Crippen LogP) is 2.46. The summed E-state index contributed by atoms with van der Waals surface area (Å²) in [4.78, 5) is 12.3. The molecule has 1 heterocycles. The second-order valence-corrected chi connectivity index (χ2v) is 5.43. The zero-order valence-electron chi connectivity index (χ0n) is 12.0. The number of nitro benzene ring substituents is 1. The fraction of sp³-hybridized carbons (Fsp3) is 0.500. The number of nitrogens with zero attached hydrogens (tertiary/aromatic N) is 1. The van der Waals surface area contributed by atoms with Gasteiger partial charge in [0.1, 0.15) is 0 Å². The summed E-state index contributed by atoms with van der Waals surface area (Å²) in [5.41, 5.74) is 0.881. The van der Waals surface area contributed by atoms with E-state index in [1.165, 1.54) is 32.2 Å². The Morgan fingerprint density at radius 2 is 2.20 bits per heavy atom. The molecular formula is C16H23N2O2+. The molecule has 1 fully saturated rings. The predicted molar refractivity (Wildman–Crippen MR) is 80.8 cm³/mol. The molecule has 1 unspecified atom stereocenters. The summed E-state index contributed by atoms with van der Waals surface area (Å²) >= 11 is 0. The van der Waals surface area contributed by atoms with Crippen molar-refractivity contribution >= 4 is 11.8 Å². The lowest BCUT2D eigenvalue weighted by Gasteiger charge is -2.31. The Bertz CT molecular complexity index is 485. The van der Waals surface area contributed by atoms with Gasteiger partial charge in [-0.1, -0.05) is 19.1 Å². The molecule has 1 aliphatic rings. The van der Waals surface area contributed by atoms with Crippen molar-refractivity contribution in [2.45, 2.75) is 38.6 Å². The molecule has 0 aromatic heterocycles. The third kappa shape index (κ3) is 3.67. The van der Waals surface area contributed by atoms with Crippen LogP contribution in [0.1, 0.15) is 38.2 Å². The molecule has 1 aliphatic heterocycles. The second kappa shape index (κ2) is 7.20. The zero-order valence-corrected chi connectivity index (χ0v) is 12.0. The average Bonchev–Trinajstić information content (AvgIpc) is 2.48. The van der Waals surface area contributed by atoms with Gasteiger partial charge in [0.05, 0.1) is 29.6 Å². The number of hydrogen-bond acceptors (Lipinski definition) is 2. The van der Waals surface area contributed by atoms with E-state index in [2.05, 4.69) is 13.0 Å². The van der Waals surface area contributed by atoms with E-state index in [4.69, 9.17) is 0 Å². The lowest BCUT2D eigenvalue weighted by Crippen LogP contribution is -3.16. The van der Waals surface area contributed by atoms with Gasteiger partial charge in [-0.3, -0.25) is 10.1 Å². The van der Waals surface area contributed by atoms with Crippen molar-refractivity contribution < 1.29 is 9.82 Å². The fourth-order valence-electron chi connectivity index (χ4n) is 3.04. The minimum absolute atomic E-state index is 0.185. The molecule has 2 atom stereocenters. The summed E-state index contributed by atoms with van der Waals surface area (Å²) in [6.07, 6.45) is 9.15. The van der Waals surface area contributed by atoms with Crippen LogP contribution >= 0.6 is 0 Å². The third-order valence-electron chi connectivity index (χ3n) is 4.18. The fourth-order valence-corrected chi connectivity index (χ4v) is 3.04. The summed E-state index contributed by atoms with van der Waals surface area (Å²) in [7, 11) is 0. The SMILES string of the molecule is CC[C@@H]1CCCC[NH+]1C/C=C/c1ccccc1[N+](=O)[O-]. The van der Waals surface area contributed by atoms with Crippen LogP contribution in [0.2, 0.25) is 0 Å². The van der Waals surface area contributed by atoms with Gasteiger partial charge in [0.15, 0.2) is 0 Å². The van der Waals surface area contributed by atoms with Gasteiger partial charge in [-0.15, -0.1) is 0 Å². The molecule has 0 saturated carbocycles. The van der Waals surface area contributed by atoms with Crippen molar-refractivity contribution in [2.24, 2.45) is 0 Å². The molecule has 4 nitrogen and oxygen atoms in total. The maximum atomic E-state index is 11.0. The van der Waals surface area contributed by atoms with Gasteiger partial charge in [0, 0.05) is 6.07 Å². The van der Waals surface area contributed by atoms with E-state index in [0.717, 1.165) is 12.6 Å². The first-order valence-electron chi connectivity index (χ1n) is 7.47. The highest BCUT2D eigenvalue weighted by molar-refractivity contribution is 5.60. The number of rotatable bonds is 5. The van der Waals surface area contributed by atoms with Crippen molar-refractivity contribution in [3.8, 4) is 0 Å². The summed E-state index contributed by atoms with van der Waals surface area (Å²) < 4.78 is 0. The molecule has 1 saturated heterocycles. The highest BCUT2D eigenvalue weighted by Gasteiger charge is 2.22. The number of piperidine rings is 1. The first kappa shape index (κ1) is 14.7. The molecule has 20 heavy (non-hydrogen) atoms. The van der Waals surface area contributed by atoms with Crippen molar-refractivity contribution in [1.29, 1.82) is 0 Å². The van der Waals surface area contributed by atoms with E-state index >= 15 is 0 Å². The monoisotopic (exact) mass is 275 g/mol. The van der Waals surface area contributed by atoms with Crippen molar-refractivity contribution in [2.75, 3.05) is 13.1 Å². The topological polar surface area (TPSA) is 47.6 Å². The minimum atomic E-state index is -0.317. The Labute approximate surface area is 120 Å². The number of para-hydroxylation sites is 1. The molecule has 1 N–H and O–H groups in total. The quantitative estimate of drug-likeness (QED) is 0.663. The van der Waals surface area contributed by atoms with Gasteiger partial charge in [-0.25, -0.2) is 0 Å². The Morgan fingerprint density at radius 1 is 1.40 bits per heavy atom. The van der Waals surface area contributed by atoms with Crippen molar-refractivity contribution in [1.82, 2.24) is 0 Å². The van der Waals surface area contributed by atoms with Crippen molar-refractivity contribution in [3.05, 3.63) is 46.0 Å². The summed E-state index contributed by atoms with van der Waals surface area (Å²) in [6.45, 7) is 4.44. The number of quaternary nitrogens is 1. The van der Waals surface area contributed by atoms with Gasteiger partial charge in [-0.05, 0) is 43.9 Å². The van der Waals surface area contributed by atoms with Gasteiger partial charge < -0.3 is 4.90 Å². The molecule has 0 radical (unpaired) electrons. The maximum absolute atomic E-state index is 11.0. The normalized spacial score (nSPS) is 23.1. The standard InChI is InChI=1S/C16H22N2O2/c1-2-15-10-5-6-12-17(15)13-7-9-14-8-3-4-11-16(14)18(19)20/h3-4,7-9,11,15H,2,5-6,10,12-13H2,1H3/p+1/b9-7+/t15-/m1/s1. The Hall–Kier alpha value is -1.68. The highest BCUT2D eigenvalue weighted by Crippen LogP contribution is 2.18. The van der Waals surface area contributed by atoms with Crippen LogP contribution in [0.15, 0.2) is 30.3 Å². The van der Waals surface area contributed by atoms with Crippen LogP contribution in [0, 0.1) is 10.1 Å². The molecule has 0 spiro atoms. The largest absolute Gasteiger partial charge is 0.329 e. The number of nitrogens with one attached hydrogen (secondary N) is 1. The van der Waals surface area contributed by atoms with E-state index in [1.807, 2.05) is 12.1 Å². The van der Waals surface area contributed by atoms with Gasteiger partial charge >= 0.3 is 0 Å². The molecule has 108 valence electrons. The molecule has 1 aromatic rings. The minimum Gasteiger partial charge on any atom is -0.329 e. The summed E-state index contributed by atoms with van der Waals surface area (Å²) in [5.74, 6) is 0. The van der Waals surface area contributed by atoms with Crippen LogP contribution in [0.5, 0.6) is 0 Å². The van der Waals surface area contributed by atoms with E-state index < -0.39 is 0 Å². The first-order chi connectivity index (χ1) is 9.72. The van der Waals surface area contributed by atoms with E-state index in [0.29, 0.717) is 5.56 Å². The molecule has 0 amide bonds. The summed E-state index contributed by atoms with van der Waals surface area (Å²) in [5, 5.41) is 11.0. The Balaban J connectivity index is 2.01. The molecule has 1 aromatic carbocycles.